The smallest absolute Gasteiger partial charge is 0.255 e. The maximum atomic E-state index is 13.4. The van der Waals surface area contributed by atoms with Crippen LogP contribution in [0.2, 0.25) is 0 Å². The molecule has 1 saturated carbocycles. The van der Waals surface area contributed by atoms with Crippen molar-refractivity contribution in [3.05, 3.63) is 28.0 Å². The molecule has 0 heterocycles. The van der Waals surface area contributed by atoms with E-state index in [-0.39, 0.29) is 17.6 Å². The molecule has 1 aromatic rings. The van der Waals surface area contributed by atoms with E-state index in [9.17, 15) is 9.18 Å². The van der Waals surface area contributed by atoms with Gasteiger partial charge in [0.25, 0.3) is 5.91 Å². The first-order valence-electron chi connectivity index (χ1n) is 7.23. The van der Waals surface area contributed by atoms with Gasteiger partial charge in [-0.05, 0) is 59.2 Å². The molecule has 1 fully saturated rings. The number of carbonyl (C=O) groups is 1. The lowest BCUT2D eigenvalue weighted by Gasteiger charge is -2.38. The minimum atomic E-state index is -0.513. The minimum Gasteiger partial charge on any atom is -0.396 e. The van der Waals surface area contributed by atoms with Crippen LogP contribution in [0.4, 0.5) is 10.1 Å². The largest absolute Gasteiger partial charge is 0.396 e. The molecule has 1 amide bonds. The lowest BCUT2D eigenvalue weighted by molar-refractivity contribution is 0.0634. The van der Waals surface area contributed by atoms with E-state index < -0.39 is 5.82 Å². The first-order chi connectivity index (χ1) is 9.71. The molecule has 0 unspecified atom stereocenters. The zero-order valence-corrected chi connectivity index (χ0v) is 14.3. The number of nitrogens with zero attached hydrogens (tertiary/aromatic N) is 1. The van der Waals surface area contributed by atoms with Crippen molar-refractivity contribution in [1.29, 1.82) is 0 Å². The SMILES string of the molecule is CN(C(=O)c1cc(N)c(F)cc1Br)C1CCC(C)(C)CC1. The van der Waals surface area contributed by atoms with Crippen LogP contribution in [0.25, 0.3) is 0 Å². The zero-order valence-electron chi connectivity index (χ0n) is 12.7. The van der Waals surface area contributed by atoms with Crippen molar-refractivity contribution in [2.75, 3.05) is 12.8 Å². The molecule has 2 N–H and O–H groups in total. The minimum absolute atomic E-state index is 0.000252. The summed E-state index contributed by atoms with van der Waals surface area (Å²) in [5.74, 6) is -0.626. The number of nitrogen functional groups attached to an aromatic ring is 1. The van der Waals surface area contributed by atoms with Gasteiger partial charge in [-0.2, -0.15) is 0 Å². The molecule has 1 aliphatic carbocycles. The Morgan fingerprint density at radius 1 is 1.38 bits per heavy atom. The highest BCUT2D eigenvalue weighted by Gasteiger charge is 2.31. The van der Waals surface area contributed by atoms with Crippen LogP contribution < -0.4 is 5.73 Å². The molecule has 0 spiro atoms. The Kier molecular flexibility index (Phi) is 4.61. The Labute approximate surface area is 133 Å². The van der Waals surface area contributed by atoms with Gasteiger partial charge in [-0.3, -0.25) is 4.79 Å². The van der Waals surface area contributed by atoms with E-state index in [4.69, 9.17) is 5.73 Å². The van der Waals surface area contributed by atoms with Gasteiger partial charge < -0.3 is 10.6 Å². The van der Waals surface area contributed by atoms with Gasteiger partial charge in [0.2, 0.25) is 0 Å². The van der Waals surface area contributed by atoms with Gasteiger partial charge in [0.1, 0.15) is 5.82 Å². The Morgan fingerprint density at radius 2 is 1.95 bits per heavy atom. The Balaban J connectivity index is 2.15. The van der Waals surface area contributed by atoms with E-state index in [1.165, 1.54) is 12.1 Å². The van der Waals surface area contributed by atoms with E-state index >= 15 is 0 Å². The number of carbonyl (C=O) groups excluding carboxylic acids is 1. The molecule has 1 aliphatic rings. The molecule has 0 atom stereocenters. The van der Waals surface area contributed by atoms with Crippen molar-refractivity contribution in [2.45, 2.75) is 45.6 Å². The molecule has 0 aromatic heterocycles. The van der Waals surface area contributed by atoms with E-state index in [0.717, 1.165) is 25.7 Å². The normalized spacial score (nSPS) is 18.5. The number of halogens is 2. The molecule has 1 aromatic carbocycles. The number of nitrogens with two attached hydrogens (primary N) is 1. The summed E-state index contributed by atoms with van der Waals surface area (Å²) in [4.78, 5) is 14.4. The number of hydrogen-bond acceptors (Lipinski definition) is 2. The highest BCUT2D eigenvalue weighted by atomic mass is 79.9. The summed E-state index contributed by atoms with van der Waals surface area (Å²) in [6.07, 6.45) is 4.23. The monoisotopic (exact) mass is 356 g/mol. The molecular formula is C16H22BrFN2O. The van der Waals surface area contributed by atoms with Gasteiger partial charge in [0, 0.05) is 17.6 Å². The number of hydrogen-bond donors (Lipinski definition) is 1. The molecular weight excluding hydrogens is 335 g/mol. The van der Waals surface area contributed by atoms with E-state index in [0.29, 0.717) is 15.5 Å². The van der Waals surface area contributed by atoms with Crippen LogP contribution in [0.15, 0.2) is 16.6 Å². The predicted molar refractivity (Wildman–Crippen MR) is 86.6 cm³/mol. The van der Waals surface area contributed by atoms with Gasteiger partial charge in [0.05, 0.1) is 11.3 Å². The van der Waals surface area contributed by atoms with Gasteiger partial charge in [-0.1, -0.05) is 13.8 Å². The van der Waals surface area contributed by atoms with Crippen molar-refractivity contribution >= 4 is 27.5 Å². The number of rotatable bonds is 2. The Bertz CT molecular complexity index is 549. The van der Waals surface area contributed by atoms with Crippen molar-refractivity contribution in [3.63, 3.8) is 0 Å². The summed E-state index contributed by atoms with van der Waals surface area (Å²) >= 11 is 3.25. The predicted octanol–water partition coefficient (Wildman–Crippen LogP) is 4.21. The lowest BCUT2D eigenvalue weighted by Crippen LogP contribution is -2.41. The van der Waals surface area contributed by atoms with Gasteiger partial charge >= 0.3 is 0 Å². The van der Waals surface area contributed by atoms with E-state index in [1.54, 1.807) is 4.90 Å². The second-order valence-electron chi connectivity index (χ2n) is 6.67. The number of amides is 1. The summed E-state index contributed by atoms with van der Waals surface area (Å²) in [5.41, 5.74) is 6.35. The summed E-state index contributed by atoms with van der Waals surface area (Å²) in [6, 6.07) is 2.90. The summed E-state index contributed by atoms with van der Waals surface area (Å²) in [7, 11) is 1.82. The molecule has 21 heavy (non-hydrogen) atoms. The molecule has 2 rings (SSSR count). The fourth-order valence-corrected chi connectivity index (χ4v) is 3.34. The first kappa shape index (κ1) is 16.3. The van der Waals surface area contributed by atoms with E-state index in [2.05, 4.69) is 29.8 Å². The van der Waals surface area contributed by atoms with Crippen LogP contribution in [-0.4, -0.2) is 23.9 Å². The molecule has 5 heteroatoms. The first-order valence-corrected chi connectivity index (χ1v) is 8.02. The van der Waals surface area contributed by atoms with Crippen molar-refractivity contribution in [3.8, 4) is 0 Å². The summed E-state index contributed by atoms with van der Waals surface area (Å²) in [6.45, 7) is 4.53. The molecule has 116 valence electrons. The van der Waals surface area contributed by atoms with Crippen molar-refractivity contribution in [1.82, 2.24) is 4.90 Å². The van der Waals surface area contributed by atoms with Crippen LogP contribution in [0.5, 0.6) is 0 Å². The highest BCUT2D eigenvalue weighted by Crippen LogP contribution is 2.37. The fraction of sp³-hybridized carbons (Fsp3) is 0.562. The Hall–Kier alpha value is -1.10. The summed E-state index contributed by atoms with van der Waals surface area (Å²) in [5, 5.41) is 0. The van der Waals surface area contributed by atoms with Crippen LogP contribution in [0.1, 0.15) is 49.9 Å². The molecule has 0 aliphatic heterocycles. The van der Waals surface area contributed by atoms with Crippen molar-refractivity contribution in [2.24, 2.45) is 5.41 Å². The average molecular weight is 357 g/mol. The average Bonchev–Trinajstić information content (AvgIpc) is 2.41. The maximum Gasteiger partial charge on any atom is 0.255 e. The third kappa shape index (κ3) is 3.57. The third-order valence-electron chi connectivity index (χ3n) is 4.49. The topological polar surface area (TPSA) is 46.3 Å². The lowest BCUT2D eigenvalue weighted by atomic mass is 9.75. The Morgan fingerprint density at radius 3 is 2.52 bits per heavy atom. The fourth-order valence-electron chi connectivity index (χ4n) is 2.86. The molecule has 0 saturated heterocycles. The van der Waals surface area contributed by atoms with Gasteiger partial charge in [0.15, 0.2) is 0 Å². The quantitative estimate of drug-likeness (QED) is 0.806. The van der Waals surface area contributed by atoms with Crippen LogP contribution in [0.3, 0.4) is 0 Å². The molecule has 0 radical (unpaired) electrons. The number of anilines is 1. The van der Waals surface area contributed by atoms with Gasteiger partial charge in [-0.15, -0.1) is 0 Å². The second kappa shape index (κ2) is 5.95. The maximum absolute atomic E-state index is 13.4. The van der Waals surface area contributed by atoms with Crippen molar-refractivity contribution < 1.29 is 9.18 Å². The number of benzene rings is 1. The third-order valence-corrected chi connectivity index (χ3v) is 5.15. The van der Waals surface area contributed by atoms with Crippen LogP contribution in [0, 0.1) is 11.2 Å². The standard InChI is InChI=1S/C16H22BrFN2O/c1-16(2)6-4-10(5-7-16)20(3)15(21)11-8-14(19)13(18)9-12(11)17/h8-10H,4-7,19H2,1-3H3. The molecule has 0 bridgehead atoms. The molecule has 3 nitrogen and oxygen atoms in total. The van der Waals surface area contributed by atoms with Crippen LogP contribution >= 0.6 is 15.9 Å². The van der Waals surface area contributed by atoms with Crippen LogP contribution in [-0.2, 0) is 0 Å². The van der Waals surface area contributed by atoms with Gasteiger partial charge in [-0.25, -0.2) is 4.39 Å². The second-order valence-corrected chi connectivity index (χ2v) is 7.52. The van der Waals surface area contributed by atoms with E-state index in [1.807, 2.05) is 7.05 Å². The summed E-state index contributed by atoms with van der Waals surface area (Å²) < 4.78 is 13.8. The zero-order chi connectivity index (χ0) is 15.8. The highest BCUT2D eigenvalue weighted by molar-refractivity contribution is 9.10.